The summed E-state index contributed by atoms with van der Waals surface area (Å²) < 4.78 is 20.7. The molecule has 3 atom stereocenters. The van der Waals surface area contributed by atoms with Crippen LogP contribution in [0.15, 0.2) is 30.3 Å². The standard InChI is InChI=1S/C23H36N2O3S/c1-21(2,3)29(27)25-16-22(4,5)14-19(25)23(6)12-13-24(17-23)20(26)28-15-18-10-8-7-9-11-18/h7-11,19H,12-17H2,1-6H3/t19-,23+,29-/m0/s1. The molecule has 2 fully saturated rings. The monoisotopic (exact) mass is 420 g/mol. The van der Waals surface area contributed by atoms with Gasteiger partial charge in [0.05, 0.1) is 6.04 Å². The van der Waals surface area contributed by atoms with Crippen molar-refractivity contribution < 1.29 is 14.1 Å². The van der Waals surface area contributed by atoms with Gasteiger partial charge in [-0.1, -0.05) is 51.1 Å². The molecule has 2 saturated heterocycles. The molecule has 0 radical (unpaired) electrons. The van der Waals surface area contributed by atoms with Gasteiger partial charge in [-0.25, -0.2) is 4.79 Å². The molecule has 6 heteroatoms. The molecule has 0 aromatic heterocycles. The maximum atomic E-state index is 13.3. The third-order valence-electron chi connectivity index (χ3n) is 6.19. The Bertz CT molecular complexity index is 719. The molecule has 2 aliphatic heterocycles. The van der Waals surface area contributed by atoms with E-state index in [0.29, 0.717) is 19.7 Å². The molecule has 1 aromatic rings. The predicted octanol–water partition coefficient (Wildman–Crippen LogP) is 4.60. The second-order valence-corrected chi connectivity index (χ2v) is 12.9. The molecule has 2 aliphatic rings. The Morgan fingerprint density at radius 3 is 2.48 bits per heavy atom. The summed E-state index contributed by atoms with van der Waals surface area (Å²) in [6.07, 6.45) is 1.66. The number of amides is 1. The minimum atomic E-state index is -1.06. The lowest BCUT2D eigenvalue weighted by Gasteiger charge is -2.40. The fourth-order valence-electron chi connectivity index (χ4n) is 4.56. The highest BCUT2D eigenvalue weighted by molar-refractivity contribution is 7.90. The van der Waals surface area contributed by atoms with E-state index in [1.165, 1.54) is 0 Å². The van der Waals surface area contributed by atoms with Crippen molar-refractivity contribution in [3.63, 3.8) is 0 Å². The Hall–Kier alpha value is -1.24. The van der Waals surface area contributed by atoms with Crippen molar-refractivity contribution in [3.05, 3.63) is 35.9 Å². The van der Waals surface area contributed by atoms with Crippen molar-refractivity contribution in [2.45, 2.75) is 71.8 Å². The lowest BCUT2D eigenvalue weighted by molar-refractivity contribution is 0.0951. The summed E-state index contributed by atoms with van der Waals surface area (Å²) in [7, 11) is 0. The summed E-state index contributed by atoms with van der Waals surface area (Å²) in [6.45, 7) is 15.3. The van der Waals surface area contributed by atoms with Crippen LogP contribution in [0.25, 0.3) is 0 Å². The second kappa shape index (κ2) is 8.12. The first-order chi connectivity index (χ1) is 13.4. The van der Waals surface area contributed by atoms with E-state index in [2.05, 4.69) is 25.1 Å². The summed E-state index contributed by atoms with van der Waals surface area (Å²) >= 11 is -1.06. The van der Waals surface area contributed by atoms with Crippen molar-refractivity contribution >= 4 is 17.5 Å². The van der Waals surface area contributed by atoms with Gasteiger partial charge >= 0.3 is 6.09 Å². The first-order valence-electron chi connectivity index (χ1n) is 10.6. The van der Waals surface area contributed by atoms with Gasteiger partial charge in [-0.2, -0.15) is 0 Å². The average Bonchev–Trinajstić information content (AvgIpc) is 3.20. The van der Waals surface area contributed by atoms with Crippen molar-refractivity contribution in [1.29, 1.82) is 0 Å². The SMILES string of the molecule is CC1(C)C[C@@H]([C@]2(C)CCN(C(=O)OCc3ccccc3)C2)N([S@@+]([O-])C(C)(C)C)C1. The highest BCUT2D eigenvalue weighted by Gasteiger charge is 2.56. The molecule has 29 heavy (non-hydrogen) atoms. The summed E-state index contributed by atoms with van der Waals surface area (Å²) in [5.41, 5.74) is 1.03. The van der Waals surface area contributed by atoms with Gasteiger partial charge in [-0.05, 0) is 44.6 Å². The molecule has 0 spiro atoms. The van der Waals surface area contributed by atoms with Crippen LogP contribution in [0, 0.1) is 10.8 Å². The van der Waals surface area contributed by atoms with Crippen molar-refractivity contribution in [2.75, 3.05) is 19.6 Å². The van der Waals surface area contributed by atoms with Gasteiger partial charge in [0.2, 0.25) is 0 Å². The molecule has 0 N–H and O–H groups in total. The lowest BCUT2D eigenvalue weighted by Crippen LogP contribution is -2.51. The Morgan fingerprint density at radius 1 is 1.21 bits per heavy atom. The fraction of sp³-hybridized carbons (Fsp3) is 0.696. The third kappa shape index (κ3) is 5.09. The highest BCUT2D eigenvalue weighted by atomic mass is 32.2. The molecule has 162 valence electrons. The molecule has 0 saturated carbocycles. The van der Waals surface area contributed by atoms with Crippen LogP contribution >= 0.6 is 0 Å². The first kappa shape index (κ1) is 22.4. The van der Waals surface area contributed by atoms with E-state index in [0.717, 1.165) is 24.9 Å². The number of benzene rings is 1. The van der Waals surface area contributed by atoms with Crippen LogP contribution < -0.4 is 0 Å². The minimum Gasteiger partial charge on any atom is -0.597 e. The predicted molar refractivity (Wildman–Crippen MR) is 118 cm³/mol. The zero-order valence-electron chi connectivity index (χ0n) is 18.7. The zero-order chi connectivity index (χ0) is 21.4. The third-order valence-corrected chi connectivity index (χ3v) is 8.04. The highest BCUT2D eigenvalue weighted by Crippen LogP contribution is 2.48. The molecule has 1 aromatic carbocycles. The van der Waals surface area contributed by atoms with Gasteiger partial charge in [0.1, 0.15) is 11.4 Å². The van der Waals surface area contributed by atoms with Crippen molar-refractivity contribution in [2.24, 2.45) is 10.8 Å². The average molecular weight is 421 g/mol. The van der Waals surface area contributed by atoms with E-state index < -0.39 is 11.4 Å². The van der Waals surface area contributed by atoms with E-state index in [1.807, 2.05) is 56.0 Å². The number of ether oxygens (including phenoxy) is 1. The van der Waals surface area contributed by atoms with E-state index in [1.54, 1.807) is 0 Å². The molecule has 5 nitrogen and oxygen atoms in total. The Labute approximate surface area is 179 Å². The number of nitrogens with zero attached hydrogens (tertiary/aromatic N) is 2. The van der Waals surface area contributed by atoms with Crippen molar-refractivity contribution in [3.8, 4) is 0 Å². The Kier molecular flexibility index (Phi) is 6.29. The Morgan fingerprint density at radius 2 is 1.86 bits per heavy atom. The van der Waals surface area contributed by atoms with E-state index >= 15 is 0 Å². The fourth-order valence-corrected chi connectivity index (χ4v) is 6.30. The minimum absolute atomic E-state index is 0.0829. The number of hydrogen-bond donors (Lipinski definition) is 0. The quantitative estimate of drug-likeness (QED) is 0.668. The topological polar surface area (TPSA) is 55.8 Å². The summed E-state index contributed by atoms with van der Waals surface area (Å²) in [5.74, 6) is 0. The maximum Gasteiger partial charge on any atom is 0.410 e. The van der Waals surface area contributed by atoms with Crippen LogP contribution in [-0.4, -0.2) is 50.3 Å². The van der Waals surface area contributed by atoms with Crippen LogP contribution in [0.2, 0.25) is 0 Å². The van der Waals surface area contributed by atoms with Gasteiger partial charge in [0.25, 0.3) is 0 Å². The molecule has 1 amide bonds. The van der Waals surface area contributed by atoms with E-state index in [4.69, 9.17) is 4.74 Å². The summed E-state index contributed by atoms with van der Waals surface area (Å²) in [6, 6.07) is 9.96. The molecule has 0 aliphatic carbocycles. The number of carbonyl (C=O) groups excluding carboxylic acids is 1. The van der Waals surface area contributed by atoms with Gasteiger partial charge in [-0.3, -0.25) is 0 Å². The Balaban J connectivity index is 1.67. The number of rotatable bonds is 4. The number of carbonyl (C=O) groups is 1. The first-order valence-corrected chi connectivity index (χ1v) is 11.7. The van der Waals surface area contributed by atoms with Gasteiger partial charge in [0.15, 0.2) is 0 Å². The summed E-state index contributed by atoms with van der Waals surface area (Å²) in [4.78, 5) is 14.5. The van der Waals surface area contributed by atoms with Gasteiger partial charge in [0, 0.05) is 36.4 Å². The largest absolute Gasteiger partial charge is 0.597 e. The van der Waals surface area contributed by atoms with Crippen LogP contribution in [0.5, 0.6) is 0 Å². The smallest absolute Gasteiger partial charge is 0.410 e. The van der Waals surface area contributed by atoms with Gasteiger partial charge in [-0.15, -0.1) is 4.31 Å². The zero-order valence-corrected chi connectivity index (χ0v) is 19.6. The maximum absolute atomic E-state index is 13.3. The molecule has 2 heterocycles. The van der Waals surface area contributed by atoms with Crippen LogP contribution in [0.4, 0.5) is 4.79 Å². The molecule has 0 unspecified atom stereocenters. The molecular formula is C23H36N2O3S. The molecule has 3 rings (SSSR count). The van der Waals surface area contributed by atoms with Crippen LogP contribution in [0.3, 0.4) is 0 Å². The van der Waals surface area contributed by atoms with Crippen molar-refractivity contribution in [1.82, 2.24) is 9.21 Å². The van der Waals surface area contributed by atoms with E-state index in [-0.39, 0.29) is 27.7 Å². The van der Waals surface area contributed by atoms with Crippen LogP contribution in [-0.2, 0) is 22.7 Å². The molecule has 0 bridgehead atoms. The van der Waals surface area contributed by atoms with Gasteiger partial charge < -0.3 is 14.2 Å². The van der Waals surface area contributed by atoms with E-state index in [9.17, 15) is 9.35 Å². The number of likely N-dealkylation sites (tertiary alicyclic amines) is 1. The second-order valence-electron chi connectivity index (χ2n) is 10.7. The normalized spacial score (nSPS) is 28.5. The van der Waals surface area contributed by atoms with Crippen LogP contribution in [0.1, 0.15) is 59.9 Å². The molecular weight excluding hydrogens is 384 g/mol. The number of hydrogen-bond acceptors (Lipinski definition) is 4. The lowest BCUT2D eigenvalue weighted by atomic mass is 9.77. The summed E-state index contributed by atoms with van der Waals surface area (Å²) in [5, 5.41) is 0.